The molecule has 2 heterocycles. The number of fused-ring (bicyclic) bond motifs is 1. The van der Waals surface area contributed by atoms with Crippen LogP contribution in [-0.4, -0.2) is 36.2 Å². The second kappa shape index (κ2) is 6.43. The first-order valence-electron chi connectivity index (χ1n) is 7.18. The van der Waals surface area contributed by atoms with Gasteiger partial charge in [-0.1, -0.05) is 0 Å². The van der Waals surface area contributed by atoms with Crippen LogP contribution in [0.25, 0.3) is 0 Å². The molecule has 7 heteroatoms. The molecule has 1 atom stereocenters. The van der Waals surface area contributed by atoms with Gasteiger partial charge in [0.2, 0.25) is 0 Å². The first-order valence-corrected chi connectivity index (χ1v) is 7.18. The van der Waals surface area contributed by atoms with Crippen LogP contribution in [0.15, 0.2) is 36.5 Å². The molecule has 120 valence electrons. The molecule has 0 bridgehead atoms. The Hall–Kier alpha value is -2.96. The summed E-state index contributed by atoms with van der Waals surface area (Å²) in [6.07, 6.45) is 0.676. The number of esters is 1. The largest absolute Gasteiger partial charge is 0.486 e. The lowest BCUT2D eigenvalue weighted by molar-refractivity contribution is -0.123. The second-order valence-corrected chi connectivity index (χ2v) is 4.98. The van der Waals surface area contributed by atoms with Gasteiger partial charge >= 0.3 is 5.97 Å². The number of benzene rings is 1. The van der Waals surface area contributed by atoms with E-state index in [-0.39, 0.29) is 0 Å². The van der Waals surface area contributed by atoms with Gasteiger partial charge in [-0.05, 0) is 31.2 Å². The van der Waals surface area contributed by atoms with Crippen molar-refractivity contribution < 1.29 is 23.8 Å². The van der Waals surface area contributed by atoms with Crippen LogP contribution in [0.1, 0.15) is 17.4 Å². The number of hydrogen-bond donors (Lipinski definition) is 2. The van der Waals surface area contributed by atoms with Crippen LogP contribution in [0.5, 0.6) is 11.5 Å². The van der Waals surface area contributed by atoms with Gasteiger partial charge in [-0.25, -0.2) is 4.79 Å². The number of hydrogen-bond acceptors (Lipinski definition) is 5. The molecule has 7 nitrogen and oxygen atoms in total. The smallest absolute Gasteiger partial charge is 0.355 e. The lowest BCUT2D eigenvalue weighted by Gasteiger charge is -2.19. The highest BCUT2D eigenvalue weighted by molar-refractivity contribution is 5.97. The van der Waals surface area contributed by atoms with E-state index in [9.17, 15) is 9.59 Å². The summed E-state index contributed by atoms with van der Waals surface area (Å²) < 4.78 is 16.0. The maximum atomic E-state index is 12.1. The Bertz CT molecular complexity index is 711. The van der Waals surface area contributed by atoms with Gasteiger partial charge < -0.3 is 24.5 Å². The number of carbonyl (C=O) groups excluding carboxylic acids is 2. The number of aromatic nitrogens is 1. The Morgan fingerprint density at radius 3 is 2.74 bits per heavy atom. The van der Waals surface area contributed by atoms with Crippen molar-refractivity contribution in [2.24, 2.45) is 0 Å². The fraction of sp³-hybridized carbons (Fsp3) is 0.250. The third kappa shape index (κ3) is 3.45. The zero-order chi connectivity index (χ0) is 16.2. The van der Waals surface area contributed by atoms with Crippen molar-refractivity contribution in [1.82, 2.24) is 4.98 Å². The molecule has 2 aromatic rings. The maximum Gasteiger partial charge on any atom is 0.355 e. The third-order valence-electron chi connectivity index (χ3n) is 3.28. The Morgan fingerprint density at radius 2 is 2.00 bits per heavy atom. The first kappa shape index (κ1) is 15.0. The van der Waals surface area contributed by atoms with E-state index in [0.717, 1.165) is 0 Å². The van der Waals surface area contributed by atoms with Gasteiger partial charge in [0.25, 0.3) is 5.91 Å². The fourth-order valence-corrected chi connectivity index (χ4v) is 2.10. The number of aromatic amines is 1. The summed E-state index contributed by atoms with van der Waals surface area (Å²) >= 11 is 0. The summed E-state index contributed by atoms with van der Waals surface area (Å²) in [4.78, 5) is 26.6. The minimum Gasteiger partial charge on any atom is -0.486 e. The molecule has 1 aromatic heterocycles. The van der Waals surface area contributed by atoms with E-state index >= 15 is 0 Å². The normalized spacial score (nSPS) is 14.0. The monoisotopic (exact) mass is 316 g/mol. The predicted octanol–water partition coefficient (Wildman–Crippen LogP) is 1.97. The summed E-state index contributed by atoms with van der Waals surface area (Å²) in [7, 11) is 0. The molecule has 0 radical (unpaired) electrons. The zero-order valence-electron chi connectivity index (χ0n) is 12.5. The lowest BCUT2D eigenvalue weighted by atomic mass is 10.2. The summed E-state index contributed by atoms with van der Waals surface area (Å²) in [6.45, 7) is 2.48. The van der Waals surface area contributed by atoms with Crippen LogP contribution < -0.4 is 14.8 Å². The zero-order valence-corrected chi connectivity index (χ0v) is 12.5. The van der Waals surface area contributed by atoms with Gasteiger partial charge in [0.05, 0.1) is 0 Å². The molecule has 23 heavy (non-hydrogen) atoms. The van der Waals surface area contributed by atoms with Crippen molar-refractivity contribution in [2.75, 3.05) is 18.5 Å². The van der Waals surface area contributed by atoms with E-state index in [1.165, 1.54) is 6.92 Å². The predicted molar refractivity (Wildman–Crippen MR) is 81.7 cm³/mol. The topological polar surface area (TPSA) is 89.7 Å². The maximum absolute atomic E-state index is 12.1. The van der Waals surface area contributed by atoms with Crippen molar-refractivity contribution in [1.29, 1.82) is 0 Å². The number of H-pyrrole nitrogens is 1. The summed E-state index contributed by atoms with van der Waals surface area (Å²) in [5.74, 6) is 0.201. The molecule has 0 saturated carbocycles. The molecule has 3 rings (SSSR count). The van der Waals surface area contributed by atoms with Crippen LogP contribution in [-0.2, 0) is 9.53 Å². The fourth-order valence-electron chi connectivity index (χ4n) is 2.10. The molecule has 1 aliphatic rings. The minimum absolute atomic E-state index is 0.295. The molecule has 1 aliphatic heterocycles. The van der Waals surface area contributed by atoms with Crippen molar-refractivity contribution in [3.8, 4) is 11.5 Å². The molecule has 0 fully saturated rings. The van der Waals surface area contributed by atoms with Gasteiger partial charge in [0, 0.05) is 18.0 Å². The highest BCUT2D eigenvalue weighted by atomic mass is 16.6. The van der Waals surface area contributed by atoms with Crippen LogP contribution in [0, 0.1) is 0 Å². The number of anilines is 1. The van der Waals surface area contributed by atoms with Gasteiger partial charge in [-0.3, -0.25) is 4.79 Å². The van der Waals surface area contributed by atoms with Crippen molar-refractivity contribution >= 4 is 17.6 Å². The van der Waals surface area contributed by atoms with E-state index in [1.807, 2.05) is 0 Å². The van der Waals surface area contributed by atoms with E-state index in [2.05, 4.69) is 10.3 Å². The first-order chi connectivity index (χ1) is 11.1. The Balaban J connectivity index is 1.61. The molecule has 0 saturated heterocycles. The van der Waals surface area contributed by atoms with Gasteiger partial charge in [-0.15, -0.1) is 0 Å². The molecular formula is C16H16N2O5. The van der Waals surface area contributed by atoms with Crippen molar-refractivity contribution in [3.05, 3.63) is 42.2 Å². The molecule has 0 spiro atoms. The van der Waals surface area contributed by atoms with Crippen LogP contribution in [0.4, 0.5) is 5.69 Å². The number of ether oxygens (including phenoxy) is 3. The van der Waals surface area contributed by atoms with Crippen molar-refractivity contribution in [3.63, 3.8) is 0 Å². The van der Waals surface area contributed by atoms with E-state index in [4.69, 9.17) is 14.2 Å². The van der Waals surface area contributed by atoms with Gasteiger partial charge in [0.15, 0.2) is 17.6 Å². The average molecular weight is 316 g/mol. The van der Waals surface area contributed by atoms with Crippen molar-refractivity contribution in [2.45, 2.75) is 13.0 Å². The molecule has 2 N–H and O–H groups in total. The standard InChI is InChI=1S/C16H16N2O5/c1-10(23-16(20)12-3-2-6-17-12)15(19)18-11-4-5-13-14(9-11)22-8-7-21-13/h2-6,9-10,17H,7-8H2,1H3,(H,18,19)/t10-/m0/s1. The molecule has 0 aliphatic carbocycles. The highest BCUT2D eigenvalue weighted by Gasteiger charge is 2.20. The minimum atomic E-state index is -0.931. The molecule has 1 aromatic carbocycles. The summed E-state index contributed by atoms with van der Waals surface area (Å²) in [6, 6.07) is 8.35. The van der Waals surface area contributed by atoms with Gasteiger partial charge in [-0.2, -0.15) is 0 Å². The summed E-state index contributed by atoms with van der Waals surface area (Å²) in [5, 5.41) is 2.68. The second-order valence-electron chi connectivity index (χ2n) is 4.98. The van der Waals surface area contributed by atoms with Crippen LogP contribution in [0.3, 0.4) is 0 Å². The molecule has 1 amide bonds. The lowest BCUT2D eigenvalue weighted by Crippen LogP contribution is -2.30. The number of carbonyl (C=O) groups is 2. The number of nitrogens with one attached hydrogen (secondary N) is 2. The molecule has 0 unspecified atom stereocenters. The Labute approximate surface area is 132 Å². The van der Waals surface area contributed by atoms with Crippen LogP contribution in [0.2, 0.25) is 0 Å². The van der Waals surface area contributed by atoms with Gasteiger partial charge in [0.1, 0.15) is 18.9 Å². The Morgan fingerprint density at radius 1 is 1.22 bits per heavy atom. The average Bonchev–Trinajstić information content (AvgIpc) is 3.09. The van der Waals surface area contributed by atoms with E-state index < -0.39 is 18.0 Å². The number of amides is 1. The summed E-state index contributed by atoms with van der Waals surface area (Å²) in [5.41, 5.74) is 0.839. The van der Waals surface area contributed by atoms with Crippen LogP contribution >= 0.6 is 0 Å². The van der Waals surface area contributed by atoms with E-state index in [1.54, 1.807) is 36.5 Å². The van der Waals surface area contributed by atoms with E-state index in [0.29, 0.717) is 36.1 Å². The quantitative estimate of drug-likeness (QED) is 0.842. The Kier molecular flexibility index (Phi) is 4.18. The number of rotatable bonds is 4. The molecular weight excluding hydrogens is 300 g/mol. The highest BCUT2D eigenvalue weighted by Crippen LogP contribution is 2.32. The SMILES string of the molecule is C[C@H](OC(=O)c1ccc[nH]1)C(=O)Nc1ccc2c(c1)OCCO2. The third-order valence-corrected chi connectivity index (χ3v) is 3.28.